The van der Waals surface area contributed by atoms with Crippen LogP contribution in [0.3, 0.4) is 0 Å². The SMILES string of the molecule is CCN(C)C(=O)COc1ccc(N)cc1C(=O)OC. The number of esters is 1. The fourth-order valence-electron chi connectivity index (χ4n) is 1.37. The highest BCUT2D eigenvalue weighted by molar-refractivity contribution is 5.93. The van der Waals surface area contributed by atoms with Crippen LogP contribution >= 0.6 is 0 Å². The van der Waals surface area contributed by atoms with E-state index in [4.69, 9.17) is 10.5 Å². The fraction of sp³-hybridized carbons (Fsp3) is 0.385. The van der Waals surface area contributed by atoms with E-state index in [-0.39, 0.29) is 23.8 Å². The quantitative estimate of drug-likeness (QED) is 0.633. The minimum Gasteiger partial charge on any atom is -0.483 e. The zero-order valence-electron chi connectivity index (χ0n) is 11.3. The average molecular weight is 266 g/mol. The van der Waals surface area contributed by atoms with Crippen LogP contribution in [0.2, 0.25) is 0 Å². The lowest BCUT2D eigenvalue weighted by Crippen LogP contribution is -2.31. The van der Waals surface area contributed by atoms with Gasteiger partial charge in [-0.15, -0.1) is 0 Å². The van der Waals surface area contributed by atoms with E-state index in [1.54, 1.807) is 19.2 Å². The summed E-state index contributed by atoms with van der Waals surface area (Å²) in [5, 5.41) is 0. The van der Waals surface area contributed by atoms with Crippen LogP contribution in [0.4, 0.5) is 5.69 Å². The summed E-state index contributed by atoms with van der Waals surface area (Å²) in [5.74, 6) is -0.451. The third kappa shape index (κ3) is 3.87. The minimum atomic E-state index is -0.557. The monoisotopic (exact) mass is 266 g/mol. The average Bonchev–Trinajstić information content (AvgIpc) is 2.43. The Morgan fingerprint density at radius 1 is 1.37 bits per heavy atom. The van der Waals surface area contributed by atoms with Gasteiger partial charge >= 0.3 is 5.97 Å². The van der Waals surface area contributed by atoms with E-state index in [2.05, 4.69) is 4.74 Å². The van der Waals surface area contributed by atoms with Crippen molar-refractivity contribution in [3.05, 3.63) is 23.8 Å². The number of amides is 1. The fourth-order valence-corrected chi connectivity index (χ4v) is 1.37. The van der Waals surface area contributed by atoms with E-state index in [1.165, 1.54) is 18.1 Å². The smallest absolute Gasteiger partial charge is 0.341 e. The van der Waals surface area contributed by atoms with Crippen LogP contribution in [-0.4, -0.2) is 44.1 Å². The molecule has 6 heteroatoms. The van der Waals surface area contributed by atoms with Crippen molar-refractivity contribution < 1.29 is 19.1 Å². The molecule has 0 fully saturated rings. The second-order valence-electron chi connectivity index (χ2n) is 3.94. The maximum atomic E-state index is 11.6. The van der Waals surface area contributed by atoms with Gasteiger partial charge in [0, 0.05) is 19.3 Å². The molecule has 0 heterocycles. The number of ether oxygens (including phenoxy) is 2. The molecule has 6 nitrogen and oxygen atoms in total. The second kappa shape index (κ2) is 6.63. The highest BCUT2D eigenvalue weighted by atomic mass is 16.5. The number of hydrogen-bond acceptors (Lipinski definition) is 5. The van der Waals surface area contributed by atoms with Crippen LogP contribution < -0.4 is 10.5 Å². The van der Waals surface area contributed by atoms with Gasteiger partial charge in [0.2, 0.25) is 0 Å². The molecule has 0 aliphatic heterocycles. The Hall–Kier alpha value is -2.24. The largest absolute Gasteiger partial charge is 0.483 e. The molecule has 19 heavy (non-hydrogen) atoms. The van der Waals surface area contributed by atoms with Crippen molar-refractivity contribution in [3.63, 3.8) is 0 Å². The summed E-state index contributed by atoms with van der Waals surface area (Å²) in [7, 11) is 2.95. The topological polar surface area (TPSA) is 81.9 Å². The number of hydrogen-bond donors (Lipinski definition) is 1. The van der Waals surface area contributed by atoms with E-state index in [1.807, 2.05) is 6.92 Å². The van der Waals surface area contributed by atoms with Gasteiger partial charge in [0.05, 0.1) is 7.11 Å². The first-order valence-corrected chi connectivity index (χ1v) is 5.84. The number of nitrogen functional groups attached to an aromatic ring is 1. The maximum Gasteiger partial charge on any atom is 0.341 e. The number of nitrogens with zero attached hydrogens (tertiary/aromatic N) is 1. The molecule has 1 aromatic carbocycles. The van der Waals surface area contributed by atoms with Crippen LogP contribution in [0.5, 0.6) is 5.75 Å². The predicted octanol–water partition coefficient (Wildman–Crippen LogP) is 0.912. The molecule has 0 aromatic heterocycles. The molecular formula is C13H18N2O4. The summed E-state index contributed by atoms with van der Waals surface area (Å²) >= 11 is 0. The molecule has 0 aliphatic carbocycles. The molecule has 0 saturated heterocycles. The van der Waals surface area contributed by atoms with Gasteiger partial charge < -0.3 is 20.1 Å². The number of carbonyl (C=O) groups excluding carboxylic acids is 2. The molecule has 0 aliphatic rings. The van der Waals surface area contributed by atoms with Crippen LogP contribution in [0, 0.1) is 0 Å². The van der Waals surface area contributed by atoms with Crippen LogP contribution in [0.15, 0.2) is 18.2 Å². The van der Waals surface area contributed by atoms with Crippen molar-refractivity contribution in [2.75, 3.05) is 33.0 Å². The van der Waals surface area contributed by atoms with Crippen molar-refractivity contribution in [2.24, 2.45) is 0 Å². The number of anilines is 1. The van der Waals surface area contributed by atoms with Gasteiger partial charge in [0.25, 0.3) is 5.91 Å². The van der Waals surface area contributed by atoms with Gasteiger partial charge in [-0.1, -0.05) is 0 Å². The van der Waals surface area contributed by atoms with E-state index in [0.717, 1.165) is 0 Å². The standard InChI is InChI=1S/C13H18N2O4/c1-4-15(2)12(16)8-19-11-6-5-9(14)7-10(11)13(17)18-3/h5-7H,4,8,14H2,1-3H3. The zero-order valence-corrected chi connectivity index (χ0v) is 11.3. The first-order chi connectivity index (χ1) is 8.99. The molecule has 2 N–H and O–H groups in total. The summed E-state index contributed by atoms with van der Waals surface area (Å²) in [6.45, 7) is 2.31. The number of methoxy groups -OCH3 is 1. The van der Waals surface area contributed by atoms with E-state index >= 15 is 0 Å². The minimum absolute atomic E-state index is 0.141. The molecule has 1 amide bonds. The van der Waals surface area contributed by atoms with E-state index < -0.39 is 5.97 Å². The Labute approximate surface area is 112 Å². The first kappa shape index (κ1) is 14.8. The third-order valence-corrected chi connectivity index (χ3v) is 2.66. The van der Waals surface area contributed by atoms with Crippen molar-refractivity contribution in [2.45, 2.75) is 6.92 Å². The van der Waals surface area contributed by atoms with Gasteiger partial charge in [0.15, 0.2) is 6.61 Å². The van der Waals surface area contributed by atoms with Crippen molar-refractivity contribution in [1.29, 1.82) is 0 Å². The normalized spacial score (nSPS) is 9.84. The number of likely N-dealkylation sites (N-methyl/N-ethyl adjacent to an activating group) is 1. The predicted molar refractivity (Wildman–Crippen MR) is 71.0 cm³/mol. The van der Waals surface area contributed by atoms with Gasteiger partial charge in [-0.2, -0.15) is 0 Å². The van der Waals surface area contributed by atoms with Crippen molar-refractivity contribution in [1.82, 2.24) is 4.90 Å². The summed E-state index contributed by atoms with van der Waals surface area (Å²) in [4.78, 5) is 24.7. The molecule has 0 radical (unpaired) electrons. The Bertz CT molecular complexity index is 474. The van der Waals surface area contributed by atoms with Crippen LogP contribution in [-0.2, 0) is 9.53 Å². The Morgan fingerprint density at radius 3 is 2.63 bits per heavy atom. The van der Waals surface area contributed by atoms with Crippen molar-refractivity contribution >= 4 is 17.6 Å². The molecule has 0 spiro atoms. The number of rotatable bonds is 5. The van der Waals surface area contributed by atoms with E-state index in [0.29, 0.717) is 12.2 Å². The summed E-state index contributed by atoms with van der Waals surface area (Å²) in [5.41, 5.74) is 6.23. The second-order valence-corrected chi connectivity index (χ2v) is 3.94. The van der Waals surface area contributed by atoms with Gasteiger partial charge in [0.1, 0.15) is 11.3 Å². The lowest BCUT2D eigenvalue weighted by Gasteiger charge is -2.16. The molecule has 0 bridgehead atoms. The Morgan fingerprint density at radius 2 is 2.05 bits per heavy atom. The number of benzene rings is 1. The zero-order chi connectivity index (χ0) is 14.4. The van der Waals surface area contributed by atoms with Gasteiger partial charge in [-0.05, 0) is 25.1 Å². The molecule has 1 aromatic rings. The molecule has 0 atom stereocenters. The van der Waals surface area contributed by atoms with Gasteiger partial charge in [-0.3, -0.25) is 4.79 Å². The van der Waals surface area contributed by atoms with Crippen LogP contribution in [0.25, 0.3) is 0 Å². The van der Waals surface area contributed by atoms with Crippen LogP contribution in [0.1, 0.15) is 17.3 Å². The highest BCUT2D eigenvalue weighted by Crippen LogP contribution is 2.22. The number of carbonyl (C=O) groups is 2. The molecule has 104 valence electrons. The van der Waals surface area contributed by atoms with Crippen molar-refractivity contribution in [3.8, 4) is 5.75 Å². The summed E-state index contributed by atoms with van der Waals surface area (Å²) in [6, 6.07) is 4.59. The summed E-state index contributed by atoms with van der Waals surface area (Å²) < 4.78 is 9.99. The maximum absolute atomic E-state index is 11.6. The first-order valence-electron chi connectivity index (χ1n) is 5.84. The Balaban J connectivity index is 2.83. The molecule has 1 rings (SSSR count). The third-order valence-electron chi connectivity index (χ3n) is 2.66. The molecular weight excluding hydrogens is 248 g/mol. The Kier molecular flexibility index (Phi) is 5.17. The summed E-state index contributed by atoms with van der Waals surface area (Å²) in [6.07, 6.45) is 0. The lowest BCUT2D eigenvalue weighted by molar-refractivity contribution is -0.131. The highest BCUT2D eigenvalue weighted by Gasteiger charge is 2.15. The van der Waals surface area contributed by atoms with E-state index in [9.17, 15) is 9.59 Å². The molecule has 0 unspecified atom stereocenters. The lowest BCUT2D eigenvalue weighted by atomic mass is 10.2. The number of nitrogens with two attached hydrogens (primary N) is 1. The molecule has 0 saturated carbocycles. The van der Waals surface area contributed by atoms with Gasteiger partial charge in [-0.25, -0.2) is 4.79 Å².